The van der Waals surface area contributed by atoms with Gasteiger partial charge in [-0.25, -0.2) is 4.79 Å². The van der Waals surface area contributed by atoms with E-state index in [1.165, 1.54) is 12.6 Å². The zero-order valence-electron chi connectivity index (χ0n) is 19.8. The van der Waals surface area contributed by atoms with E-state index < -0.39 is 24.2 Å². The van der Waals surface area contributed by atoms with Gasteiger partial charge >= 0.3 is 18.2 Å². The van der Waals surface area contributed by atoms with E-state index in [-0.39, 0.29) is 0 Å². The standard InChI is InChI=1S/C25H28ClF3N4O3/c1-31(23(34)25(27,28)29)22-12-13-32(16-22)21-8-6-20(7-9-21)30-24(35)36-33-14-10-18(11-15-33)17-2-4-19(26)5-3-17/h2-9,18,22H,10-16H2,1H3,(H,30,35)/t22-/m1/s1. The van der Waals surface area contributed by atoms with Crippen molar-refractivity contribution in [3.8, 4) is 0 Å². The van der Waals surface area contributed by atoms with Gasteiger partial charge in [0.1, 0.15) is 0 Å². The molecule has 2 amide bonds. The highest BCUT2D eigenvalue weighted by molar-refractivity contribution is 6.30. The second-order valence-electron chi connectivity index (χ2n) is 9.11. The molecule has 1 atom stereocenters. The minimum Gasteiger partial charge on any atom is -0.369 e. The second-order valence-corrected chi connectivity index (χ2v) is 9.54. The van der Waals surface area contributed by atoms with Crippen LogP contribution in [0.3, 0.4) is 0 Å². The van der Waals surface area contributed by atoms with Crippen molar-refractivity contribution in [2.24, 2.45) is 0 Å². The molecular formula is C25H28ClF3N4O3. The average Bonchev–Trinajstić information content (AvgIpc) is 3.34. The Morgan fingerprint density at radius 2 is 1.64 bits per heavy atom. The second kappa shape index (κ2) is 11.0. The lowest BCUT2D eigenvalue weighted by Crippen LogP contribution is -2.45. The highest BCUT2D eigenvalue weighted by Gasteiger charge is 2.44. The number of nitrogens with one attached hydrogen (secondary N) is 1. The van der Waals surface area contributed by atoms with E-state index in [0.29, 0.717) is 49.2 Å². The predicted octanol–water partition coefficient (Wildman–Crippen LogP) is 5.28. The maximum atomic E-state index is 12.7. The number of amides is 2. The molecule has 4 rings (SSSR count). The molecule has 0 bridgehead atoms. The minimum atomic E-state index is -4.88. The Morgan fingerprint density at radius 3 is 2.25 bits per heavy atom. The van der Waals surface area contributed by atoms with E-state index in [1.54, 1.807) is 29.3 Å². The molecule has 2 aromatic carbocycles. The number of halogens is 4. The lowest BCUT2D eigenvalue weighted by Gasteiger charge is -2.30. The fourth-order valence-electron chi connectivity index (χ4n) is 4.69. The summed E-state index contributed by atoms with van der Waals surface area (Å²) in [7, 11) is 1.18. The maximum Gasteiger partial charge on any atom is 0.471 e. The fourth-order valence-corrected chi connectivity index (χ4v) is 4.81. The van der Waals surface area contributed by atoms with Gasteiger partial charge in [-0.3, -0.25) is 10.1 Å². The zero-order valence-corrected chi connectivity index (χ0v) is 20.6. The summed E-state index contributed by atoms with van der Waals surface area (Å²) in [5.41, 5.74) is 2.57. The Labute approximate surface area is 212 Å². The molecule has 2 aliphatic rings. The molecule has 2 aliphatic heterocycles. The van der Waals surface area contributed by atoms with E-state index in [9.17, 15) is 22.8 Å². The van der Waals surface area contributed by atoms with E-state index in [1.807, 2.05) is 29.2 Å². The molecule has 2 fully saturated rings. The molecule has 2 saturated heterocycles. The Kier molecular flexibility index (Phi) is 7.94. The number of hydroxylamine groups is 2. The summed E-state index contributed by atoms with van der Waals surface area (Å²) in [6, 6.07) is 14.3. The number of nitrogens with zero attached hydrogens (tertiary/aromatic N) is 3. The molecule has 11 heteroatoms. The van der Waals surface area contributed by atoms with Crippen molar-refractivity contribution in [1.82, 2.24) is 9.96 Å². The summed E-state index contributed by atoms with van der Waals surface area (Å²) in [6.07, 6.45) is -3.29. The van der Waals surface area contributed by atoms with E-state index in [4.69, 9.17) is 16.4 Å². The molecule has 0 radical (unpaired) electrons. The molecular weight excluding hydrogens is 497 g/mol. The zero-order chi connectivity index (χ0) is 25.9. The molecule has 194 valence electrons. The van der Waals surface area contributed by atoms with Crippen LogP contribution < -0.4 is 10.2 Å². The first-order valence-electron chi connectivity index (χ1n) is 11.8. The number of hydrogen-bond donors (Lipinski definition) is 1. The van der Waals surface area contributed by atoms with Crippen molar-refractivity contribution in [2.45, 2.75) is 37.4 Å². The monoisotopic (exact) mass is 524 g/mol. The Morgan fingerprint density at radius 1 is 1.00 bits per heavy atom. The molecule has 2 aromatic rings. The quantitative estimate of drug-likeness (QED) is 0.576. The lowest BCUT2D eigenvalue weighted by molar-refractivity contribution is -0.185. The number of benzene rings is 2. The van der Waals surface area contributed by atoms with Crippen molar-refractivity contribution in [3.05, 3.63) is 59.1 Å². The number of carbonyl (C=O) groups excluding carboxylic acids is 2. The molecule has 0 spiro atoms. The van der Waals surface area contributed by atoms with Gasteiger partial charge < -0.3 is 14.6 Å². The van der Waals surface area contributed by atoms with Gasteiger partial charge in [0.2, 0.25) is 0 Å². The van der Waals surface area contributed by atoms with Gasteiger partial charge in [-0.05, 0) is 67.1 Å². The molecule has 2 heterocycles. The number of likely N-dealkylation sites (N-methyl/N-ethyl adjacent to an activating group) is 1. The summed E-state index contributed by atoms with van der Waals surface area (Å²) in [5, 5.41) is 5.06. The SMILES string of the molecule is CN(C(=O)C(F)(F)F)[C@@H]1CCN(c2ccc(NC(=O)ON3CCC(c4ccc(Cl)cc4)CC3)cc2)C1. The third kappa shape index (κ3) is 6.41. The van der Waals surface area contributed by atoms with Crippen molar-refractivity contribution in [2.75, 3.05) is 43.4 Å². The highest BCUT2D eigenvalue weighted by atomic mass is 35.5. The summed E-state index contributed by atoms with van der Waals surface area (Å²) in [6.45, 7) is 2.09. The molecule has 36 heavy (non-hydrogen) atoms. The van der Waals surface area contributed by atoms with Crippen molar-refractivity contribution < 1.29 is 27.6 Å². The highest BCUT2D eigenvalue weighted by Crippen LogP contribution is 2.30. The molecule has 0 unspecified atom stereocenters. The maximum absolute atomic E-state index is 12.7. The van der Waals surface area contributed by atoms with Gasteiger partial charge in [-0.15, -0.1) is 5.06 Å². The third-order valence-electron chi connectivity index (χ3n) is 6.76. The van der Waals surface area contributed by atoms with Crippen molar-refractivity contribution in [1.29, 1.82) is 0 Å². The number of anilines is 2. The first kappa shape index (κ1) is 26.1. The third-order valence-corrected chi connectivity index (χ3v) is 7.01. The van der Waals surface area contributed by atoms with Crippen LogP contribution >= 0.6 is 11.6 Å². The number of piperidine rings is 1. The Hall–Kier alpha value is -2.98. The lowest BCUT2D eigenvalue weighted by atomic mass is 9.90. The summed E-state index contributed by atoms with van der Waals surface area (Å²) in [5.74, 6) is -1.43. The van der Waals surface area contributed by atoms with Crippen LogP contribution in [0.15, 0.2) is 48.5 Å². The van der Waals surface area contributed by atoms with E-state index in [2.05, 4.69) is 5.32 Å². The summed E-state index contributed by atoms with van der Waals surface area (Å²) in [4.78, 5) is 32.0. The number of alkyl halides is 3. The van der Waals surface area contributed by atoms with E-state index >= 15 is 0 Å². The smallest absolute Gasteiger partial charge is 0.369 e. The van der Waals surface area contributed by atoms with Crippen LogP contribution in [0.4, 0.5) is 29.3 Å². The summed E-state index contributed by atoms with van der Waals surface area (Å²) < 4.78 is 38.1. The fraction of sp³-hybridized carbons (Fsp3) is 0.440. The first-order valence-corrected chi connectivity index (χ1v) is 12.2. The number of hydrogen-bond acceptors (Lipinski definition) is 5. The van der Waals surface area contributed by atoms with Crippen molar-refractivity contribution in [3.63, 3.8) is 0 Å². The Bertz CT molecular complexity index is 1060. The van der Waals surface area contributed by atoms with Crippen molar-refractivity contribution >= 4 is 35.0 Å². The van der Waals surface area contributed by atoms with E-state index in [0.717, 1.165) is 23.4 Å². The molecule has 1 N–H and O–H groups in total. The number of carbonyl (C=O) groups is 2. The normalized spacial score (nSPS) is 19.2. The van der Waals surface area contributed by atoms with Crippen LogP contribution in [-0.2, 0) is 9.63 Å². The molecule has 0 saturated carbocycles. The van der Waals surface area contributed by atoms with Crippen LogP contribution in [0.1, 0.15) is 30.7 Å². The largest absolute Gasteiger partial charge is 0.471 e. The van der Waals surface area contributed by atoms with Gasteiger partial charge in [0.25, 0.3) is 0 Å². The van der Waals surface area contributed by atoms with Crippen LogP contribution in [-0.4, -0.2) is 67.4 Å². The average molecular weight is 525 g/mol. The molecule has 0 aliphatic carbocycles. The van der Waals surface area contributed by atoms with Crippen LogP contribution in [0.5, 0.6) is 0 Å². The number of rotatable bonds is 5. The predicted molar refractivity (Wildman–Crippen MR) is 131 cm³/mol. The van der Waals surface area contributed by atoms with Crippen LogP contribution in [0.25, 0.3) is 0 Å². The molecule has 7 nitrogen and oxygen atoms in total. The topological polar surface area (TPSA) is 65.1 Å². The Balaban J connectivity index is 1.23. The van der Waals surface area contributed by atoms with Gasteiger partial charge in [0, 0.05) is 49.6 Å². The van der Waals surface area contributed by atoms with Gasteiger partial charge in [0.15, 0.2) is 0 Å². The minimum absolute atomic E-state index is 0.305. The van der Waals surface area contributed by atoms with Gasteiger partial charge in [-0.2, -0.15) is 13.2 Å². The van der Waals surface area contributed by atoms with Crippen LogP contribution in [0.2, 0.25) is 5.02 Å². The van der Waals surface area contributed by atoms with Gasteiger partial charge in [-0.1, -0.05) is 23.7 Å². The van der Waals surface area contributed by atoms with Crippen LogP contribution in [0, 0.1) is 0 Å². The molecule has 0 aromatic heterocycles. The summed E-state index contributed by atoms with van der Waals surface area (Å²) >= 11 is 5.96. The first-order chi connectivity index (χ1) is 17.1. The van der Waals surface area contributed by atoms with Gasteiger partial charge in [0.05, 0.1) is 6.04 Å².